The van der Waals surface area contributed by atoms with Crippen LogP contribution >= 0.6 is 0 Å². The van der Waals surface area contributed by atoms with E-state index in [0.29, 0.717) is 45.2 Å². The third-order valence-electron chi connectivity index (χ3n) is 2.67. The van der Waals surface area contributed by atoms with Gasteiger partial charge < -0.3 is 18.9 Å². The van der Waals surface area contributed by atoms with Crippen LogP contribution in [0.1, 0.15) is 15.9 Å². The highest BCUT2D eigenvalue weighted by Crippen LogP contribution is 2.15. The lowest BCUT2D eigenvalue weighted by Gasteiger charge is -2.09. The average Bonchev–Trinajstić information content (AvgIpc) is 2.46. The summed E-state index contributed by atoms with van der Waals surface area (Å²) in [4.78, 5) is 10.7. The largest absolute Gasteiger partial charge is 0.491 e. The fourth-order valence-electron chi connectivity index (χ4n) is 1.55. The molecule has 0 N–H and O–H groups in total. The number of hydrogen-bond acceptors (Lipinski definition) is 5. The zero-order valence-corrected chi connectivity index (χ0v) is 12.1. The van der Waals surface area contributed by atoms with Gasteiger partial charge in [0, 0.05) is 12.7 Å². The summed E-state index contributed by atoms with van der Waals surface area (Å²) < 4.78 is 21.0. The maximum Gasteiger partial charge on any atom is 0.150 e. The lowest BCUT2D eigenvalue weighted by Crippen LogP contribution is -2.12. The standard InChI is InChI=1S/C15H22O5/c1-13-11-15(4-3-14(13)12-16)20-10-9-19-8-7-18-6-5-17-2/h3-4,11-12H,5-10H2,1-2H3. The first-order valence-corrected chi connectivity index (χ1v) is 6.61. The smallest absolute Gasteiger partial charge is 0.150 e. The van der Waals surface area contributed by atoms with Crippen LogP contribution in [0.3, 0.4) is 0 Å². The summed E-state index contributed by atoms with van der Waals surface area (Å²) in [7, 11) is 1.64. The first kappa shape index (κ1) is 16.6. The number of methoxy groups -OCH3 is 1. The Balaban J connectivity index is 2.06. The van der Waals surface area contributed by atoms with Crippen LogP contribution < -0.4 is 4.74 Å². The summed E-state index contributed by atoms with van der Waals surface area (Å²) in [5.41, 5.74) is 1.59. The number of aryl methyl sites for hydroxylation is 1. The maximum absolute atomic E-state index is 10.7. The highest BCUT2D eigenvalue weighted by Gasteiger charge is 1.99. The van der Waals surface area contributed by atoms with Crippen molar-refractivity contribution in [3.8, 4) is 5.75 Å². The van der Waals surface area contributed by atoms with Gasteiger partial charge in [-0.15, -0.1) is 0 Å². The number of ether oxygens (including phenoxy) is 4. The van der Waals surface area contributed by atoms with Crippen molar-refractivity contribution in [1.82, 2.24) is 0 Å². The molecule has 0 aliphatic carbocycles. The van der Waals surface area contributed by atoms with E-state index in [-0.39, 0.29) is 0 Å². The van der Waals surface area contributed by atoms with E-state index < -0.39 is 0 Å². The second-order valence-electron chi connectivity index (χ2n) is 4.20. The van der Waals surface area contributed by atoms with Crippen molar-refractivity contribution in [3.05, 3.63) is 29.3 Å². The van der Waals surface area contributed by atoms with Gasteiger partial charge in [-0.2, -0.15) is 0 Å². The predicted octanol–water partition coefficient (Wildman–Crippen LogP) is 1.87. The minimum absolute atomic E-state index is 0.470. The maximum atomic E-state index is 10.7. The Bertz CT molecular complexity index is 392. The van der Waals surface area contributed by atoms with E-state index >= 15 is 0 Å². The summed E-state index contributed by atoms with van der Waals surface area (Å²) in [6, 6.07) is 5.38. The van der Waals surface area contributed by atoms with Crippen LogP contribution in [-0.4, -0.2) is 53.0 Å². The highest BCUT2D eigenvalue weighted by atomic mass is 16.6. The molecule has 5 heteroatoms. The molecule has 0 saturated heterocycles. The molecule has 0 bridgehead atoms. The van der Waals surface area contributed by atoms with E-state index in [4.69, 9.17) is 18.9 Å². The number of aldehydes is 1. The highest BCUT2D eigenvalue weighted by molar-refractivity contribution is 5.77. The van der Waals surface area contributed by atoms with Crippen LogP contribution in [0.2, 0.25) is 0 Å². The number of carbonyl (C=O) groups excluding carboxylic acids is 1. The van der Waals surface area contributed by atoms with Crippen molar-refractivity contribution in [2.75, 3.05) is 46.8 Å². The van der Waals surface area contributed by atoms with Crippen LogP contribution in [0.4, 0.5) is 0 Å². The lowest BCUT2D eigenvalue weighted by molar-refractivity contribution is 0.0179. The van der Waals surface area contributed by atoms with Gasteiger partial charge >= 0.3 is 0 Å². The van der Waals surface area contributed by atoms with E-state index in [1.807, 2.05) is 13.0 Å². The van der Waals surface area contributed by atoms with Crippen LogP contribution in [0.5, 0.6) is 5.75 Å². The Morgan fingerprint density at radius 2 is 1.65 bits per heavy atom. The van der Waals surface area contributed by atoms with Gasteiger partial charge in [0.05, 0.1) is 33.0 Å². The molecule has 0 aliphatic rings. The van der Waals surface area contributed by atoms with Gasteiger partial charge in [0.15, 0.2) is 0 Å². The van der Waals surface area contributed by atoms with Gasteiger partial charge in [0.2, 0.25) is 0 Å². The van der Waals surface area contributed by atoms with Crippen molar-refractivity contribution < 1.29 is 23.7 Å². The van der Waals surface area contributed by atoms with E-state index in [0.717, 1.165) is 17.6 Å². The zero-order valence-electron chi connectivity index (χ0n) is 12.1. The van der Waals surface area contributed by atoms with Crippen molar-refractivity contribution in [2.45, 2.75) is 6.92 Å². The molecule has 0 atom stereocenters. The molecular formula is C15H22O5. The van der Waals surface area contributed by atoms with Crippen molar-refractivity contribution in [2.24, 2.45) is 0 Å². The molecule has 0 saturated carbocycles. The van der Waals surface area contributed by atoms with Gasteiger partial charge in [0.25, 0.3) is 0 Å². The fourth-order valence-corrected chi connectivity index (χ4v) is 1.55. The van der Waals surface area contributed by atoms with Gasteiger partial charge in [0.1, 0.15) is 18.6 Å². The molecule has 0 aromatic heterocycles. The van der Waals surface area contributed by atoms with Gasteiger partial charge in [-0.25, -0.2) is 0 Å². The van der Waals surface area contributed by atoms with E-state index in [9.17, 15) is 4.79 Å². The minimum atomic E-state index is 0.470. The summed E-state index contributed by atoms with van der Waals surface area (Å²) >= 11 is 0. The Hall–Kier alpha value is -1.43. The third kappa shape index (κ3) is 6.65. The monoisotopic (exact) mass is 282 g/mol. The normalized spacial score (nSPS) is 10.5. The van der Waals surface area contributed by atoms with Crippen LogP contribution in [0.15, 0.2) is 18.2 Å². The van der Waals surface area contributed by atoms with Crippen LogP contribution in [0, 0.1) is 6.92 Å². The summed E-state index contributed by atoms with van der Waals surface area (Å²) in [6.07, 6.45) is 0.839. The third-order valence-corrected chi connectivity index (χ3v) is 2.67. The Morgan fingerprint density at radius 1 is 1.00 bits per heavy atom. The summed E-state index contributed by atoms with van der Waals surface area (Å²) in [5, 5.41) is 0. The molecule has 0 radical (unpaired) electrons. The SMILES string of the molecule is COCCOCCOCCOc1ccc(C=O)c(C)c1. The van der Waals surface area contributed by atoms with E-state index in [1.165, 1.54) is 0 Å². The molecule has 0 aliphatic heterocycles. The lowest BCUT2D eigenvalue weighted by atomic mass is 10.1. The molecule has 0 spiro atoms. The molecule has 112 valence electrons. The molecule has 20 heavy (non-hydrogen) atoms. The van der Waals surface area contributed by atoms with Crippen LogP contribution in [0.25, 0.3) is 0 Å². The number of rotatable bonds is 11. The zero-order chi connectivity index (χ0) is 14.6. The second kappa shape index (κ2) is 10.4. The summed E-state index contributed by atoms with van der Waals surface area (Å²) in [6.45, 7) is 5.12. The number of carbonyl (C=O) groups is 1. The molecule has 0 unspecified atom stereocenters. The quantitative estimate of drug-likeness (QED) is 0.458. The molecule has 0 heterocycles. The van der Waals surface area contributed by atoms with Crippen LogP contribution in [-0.2, 0) is 14.2 Å². The first-order chi connectivity index (χ1) is 9.77. The second-order valence-corrected chi connectivity index (χ2v) is 4.20. The number of hydrogen-bond donors (Lipinski definition) is 0. The molecule has 1 aromatic rings. The van der Waals surface area contributed by atoms with Crippen molar-refractivity contribution in [3.63, 3.8) is 0 Å². The molecule has 0 fully saturated rings. The van der Waals surface area contributed by atoms with Gasteiger partial charge in [-0.05, 0) is 30.7 Å². The molecule has 1 rings (SSSR count). The average molecular weight is 282 g/mol. The van der Waals surface area contributed by atoms with E-state index in [1.54, 1.807) is 19.2 Å². The molecular weight excluding hydrogens is 260 g/mol. The Morgan fingerprint density at radius 3 is 2.25 bits per heavy atom. The first-order valence-electron chi connectivity index (χ1n) is 6.61. The molecule has 0 amide bonds. The molecule has 1 aromatic carbocycles. The van der Waals surface area contributed by atoms with Gasteiger partial charge in [-0.3, -0.25) is 4.79 Å². The Labute approximate surface area is 119 Å². The molecule has 5 nitrogen and oxygen atoms in total. The minimum Gasteiger partial charge on any atom is -0.491 e. The van der Waals surface area contributed by atoms with Crippen molar-refractivity contribution >= 4 is 6.29 Å². The topological polar surface area (TPSA) is 54.0 Å². The number of benzene rings is 1. The fraction of sp³-hybridized carbons (Fsp3) is 0.533. The Kier molecular flexibility index (Phi) is 8.62. The van der Waals surface area contributed by atoms with Crippen molar-refractivity contribution in [1.29, 1.82) is 0 Å². The summed E-state index contributed by atoms with van der Waals surface area (Å²) in [5.74, 6) is 0.744. The van der Waals surface area contributed by atoms with E-state index in [2.05, 4.69) is 0 Å². The van der Waals surface area contributed by atoms with Gasteiger partial charge in [-0.1, -0.05) is 0 Å². The predicted molar refractivity (Wildman–Crippen MR) is 75.6 cm³/mol.